The Hall–Kier alpha value is -1.36. The minimum absolute atomic E-state index is 0.151. The number of carbonyl (C=O) groups excluding carboxylic acids is 1. The van der Waals surface area contributed by atoms with Crippen LogP contribution >= 0.6 is 0 Å². The van der Waals surface area contributed by atoms with E-state index in [9.17, 15) is 13.2 Å². The molecule has 0 fully saturated rings. The van der Waals surface area contributed by atoms with Gasteiger partial charge in [0.1, 0.15) is 0 Å². The Morgan fingerprint density at radius 1 is 1.11 bits per heavy atom. The van der Waals surface area contributed by atoms with Crippen LogP contribution in [0.15, 0.2) is 29.2 Å². The lowest BCUT2D eigenvalue weighted by molar-refractivity contribution is -0.144. The summed E-state index contributed by atoms with van der Waals surface area (Å²) in [5.41, 5.74) is 1.06. The van der Waals surface area contributed by atoms with Crippen molar-refractivity contribution in [3.63, 3.8) is 0 Å². The van der Waals surface area contributed by atoms with Crippen molar-refractivity contribution in [3.05, 3.63) is 29.8 Å². The van der Waals surface area contributed by atoms with Crippen LogP contribution in [0.4, 0.5) is 0 Å². The van der Waals surface area contributed by atoms with Crippen LogP contribution in [0.1, 0.15) is 39.2 Å². The molecule has 0 aliphatic carbocycles. The summed E-state index contributed by atoms with van der Waals surface area (Å²) in [6.07, 6.45) is -0.314. The molecule has 1 aromatic carbocycles. The van der Waals surface area contributed by atoms with E-state index in [0.29, 0.717) is 5.92 Å². The number of benzene rings is 1. The van der Waals surface area contributed by atoms with Gasteiger partial charge in [0.05, 0.1) is 11.0 Å². The molecule has 0 bridgehead atoms. The van der Waals surface area contributed by atoms with E-state index < -0.39 is 21.6 Å². The van der Waals surface area contributed by atoms with E-state index in [1.54, 1.807) is 26.0 Å². The van der Waals surface area contributed by atoms with Gasteiger partial charge in [-0.05, 0) is 37.5 Å². The third-order valence-corrected chi connectivity index (χ3v) is 4.19. The van der Waals surface area contributed by atoms with Crippen molar-refractivity contribution in [3.8, 4) is 0 Å². The van der Waals surface area contributed by atoms with Crippen LogP contribution < -0.4 is 0 Å². The summed E-state index contributed by atoms with van der Waals surface area (Å²) in [4.78, 5) is 11.6. The van der Waals surface area contributed by atoms with Gasteiger partial charge in [-0.3, -0.25) is 4.79 Å². The third kappa shape index (κ3) is 4.67. The van der Waals surface area contributed by atoms with Gasteiger partial charge in [0.15, 0.2) is 15.6 Å². The Balaban J connectivity index is 2.86. The van der Waals surface area contributed by atoms with Crippen molar-refractivity contribution in [1.82, 2.24) is 0 Å². The predicted molar refractivity (Wildman–Crippen MR) is 73.8 cm³/mol. The molecule has 0 N–H and O–H groups in total. The standard InChI is InChI=1S/C14H20O4S/c1-10(2)12-5-7-13(8-6-12)19(16,17)9-14(15)18-11(3)4/h5-8,10-11H,9H2,1-4H3. The summed E-state index contributed by atoms with van der Waals surface area (Å²) < 4.78 is 28.9. The third-order valence-electron chi connectivity index (χ3n) is 2.58. The second-order valence-electron chi connectivity index (χ2n) is 5.02. The second-order valence-corrected chi connectivity index (χ2v) is 7.01. The Morgan fingerprint density at radius 2 is 1.63 bits per heavy atom. The average molecular weight is 284 g/mol. The normalized spacial score (nSPS) is 11.9. The van der Waals surface area contributed by atoms with Crippen molar-refractivity contribution >= 4 is 15.8 Å². The highest BCUT2D eigenvalue weighted by molar-refractivity contribution is 7.92. The lowest BCUT2D eigenvalue weighted by Gasteiger charge is -2.09. The first kappa shape index (κ1) is 15.7. The quantitative estimate of drug-likeness (QED) is 0.780. The van der Waals surface area contributed by atoms with Gasteiger partial charge in [0.2, 0.25) is 0 Å². The molecule has 4 nitrogen and oxygen atoms in total. The van der Waals surface area contributed by atoms with E-state index >= 15 is 0 Å². The van der Waals surface area contributed by atoms with Gasteiger partial charge in [-0.25, -0.2) is 8.42 Å². The van der Waals surface area contributed by atoms with E-state index in [1.807, 2.05) is 13.8 Å². The van der Waals surface area contributed by atoms with Crippen LogP contribution in [-0.2, 0) is 19.4 Å². The van der Waals surface area contributed by atoms with Gasteiger partial charge in [-0.1, -0.05) is 26.0 Å². The van der Waals surface area contributed by atoms with Gasteiger partial charge in [-0.2, -0.15) is 0 Å². The summed E-state index contributed by atoms with van der Waals surface area (Å²) in [6, 6.07) is 6.61. The zero-order chi connectivity index (χ0) is 14.6. The predicted octanol–water partition coefficient (Wildman–Crippen LogP) is 2.54. The Bertz CT molecular complexity index is 527. The van der Waals surface area contributed by atoms with Crippen LogP contribution in [0.2, 0.25) is 0 Å². The lowest BCUT2D eigenvalue weighted by atomic mass is 10.0. The van der Waals surface area contributed by atoms with E-state index in [1.165, 1.54) is 12.1 Å². The van der Waals surface area contributed by atoms with Crippen LogP contribution in [0.3, 0.4) is 0 Å². The number of hydrogen-bond donors (Lipinski definition) is 0. The molecule has 0 aromatic heterocycles. The highest BCUT2D eigenvalue weighted by atomic mass is 32.2. The van der Waals surface area contributed by atoms with Crippen molar-refractivity contribution in [1.29, 1.82) is 0 Å². The zero-order valence-electron chi connectivity index (χ0n) is 11.7. The largest absolute Gasteiger partial charge is 0.462 e. The van der Waals surface area contributed by atoms with Gasteiger partial charge in [0.25, 0.3) is 0 Å². The molecular formula is C14H20O4S. The van der Waals surface area contributed by atoms with Gasteiger partial charge >= 0.3 is 5.97 Å². The van der Waals surface area contributed by atoms with Crippen molar-refractivity contribution < 1.29 is 17.9 Å². The number of carbonyl (C=O) groups is 1. The molecule has 0 heterocycles. The fourth-order valence-corrected chi connectivity index (χ4v) is 2.69. The fourth-order valence-electron chi connectivity index (χ4n) is 1.60. The molecule has 1 aromatic rings. The summed E-state index contributed by atoms with van der Waals surface area (Å²) >= 11 is 0. The van der Waals surface area contributed by atoms with E-state index in [-0.39, 0.29) is 11.0 Å². The van der Waals surface area contributed by atoms with Crippen molar-refractivity contribution in [2.24, 2.45) is 0 Å². The van der Waals surface area contributed by atoms with Crippen LogP contribution in [0.25, 0.3) is 0 Å². The molecule has 0 saturated heterocycles. The van der Waals surface area contributed by atoms with Gasteiger partial charge < -0.3 is 4.74 Å². The molecule has 19 heavy (non-hydrogen) atoms. The molecule has 0 aliphatic rings. The highest BCUT2D eigenvalue weighted by Crippen LogP contribution is 2.18. The molecule has 106 valence electrons. The summed E-state index contributed by atoms with van der Waals surface area (Å²) in [6.45, 7) is 7.43. The smallest absolute Gasteiger partial charge is 0.321 e. The molecule has 0 amide bonds. The molecular weight excluding hydrogens is 264 g/mol. The minimum Gasteiger partial charge on any atom is -0.462 e. The lowest BCUT2D eigenvalue weighted by Crippen LogP contribution is -2.21. The van der Waals surface area contributed by atoms with Crippen molar-refractivity contribution in [2.45, 2.75) is 44.6 Å². The summed E-state index contributed by atoms with van der Waals surface area (Å²) in [5.74, 6) is -1.00. The molecule has 0 aliphatic heterocycles. The molecule has 1 rings (SSSR count). The summed E-state index contributed by atoms with van der Waals surface area (Å²) in [5, 5.41) is 0. The second kappa shape index (κ2) is 6.19. The molecule has 0 radical (unpaired) electrons. The Labute approximate surface area is 114 Å². The van der Waals surface area contributed by atoms with Gasteiger partial charge in [0, 0.05) is 0 Å². The Morgan fingerprint density at radius 3 is 2.05 bits per heavy atom. The first-order chi connectivity index (χ1) is 8.72. The number of ether oxygens (including phenoxy) is 1. The van der Waals surface area contributed by atoms with Gasteiger partial charge in [-0.15, -0.1) is 0 Å². The van der Waals surface area contributed by atoms with Crippen molar-refractivity contribution in [2.75, 3.05) is 5.75 Å². The highest BCUT2D eigenvalue weighted by Gasteiger charge is 2.21. The zero-order valence-corrected chi connectivity index (χ0v) is 12.5. The Kier molecular flexibility index (Phi) is 5.11. The maximum absolute atomic E-state index is 12.0. The topological polar surface area (TPSA) is 60.4 Å². The minimum atomic E-state index is -3.62. The number of sulfone groups is 1. The molecule has 5 heteroatoms. The average Bonchev–Trinajstić information content (AvgIpc) is 2.27. The SMILES string of the molecule is CC(C)OC(=O)CS(=O)(=O)c1ccc(C(C)C)cc1. The van der Waals surface area contributed by atoms with E-state index in [0.717, 1.165) is 5.56 Å². The number of rotatable bonds is 5. The van der Waals surface area contributed by atoms with E-state index in [2.05, 4.69) is 0 Å². The molecule has 0 spiro atoms. The molecule has 0 atom stereocenters. The van der Waals surface area contributed by atoms with Crippen LogP contribution in [0.5, 0.6) is 0 Å². The number of hydrogen-bond acceptors (Lipinski definition) is 4. The molecule has 0 saturated carbocycles. The van der Waals surface area contributed by atoms with Crippen LogP contribution in [-0.4, -0.2) is 26.2 Å². The summed E-state index contributed by atoms with van der Waals surface area (Å²) in [7, 11) is -3.62. The number of esters is 1. The molecule has 0 unspecified atom stereocenters. The monoisotopic (exact) mass is 284 g/mol. The maximum Gasteiger partial charge on any atom is 0.321 e. The first-order valence-electron chi connectivity index (χ1n) is 6.24. The van der Waals surface area contributed by atoms with E-state index in [4.69, 9.17) is 4.74 Å². The fraction of sp³-hybridized carbons (Fsp3) is 0.500. The first-order valence-corrected chi connectivity index (χ1v) is 7.90. The maximum atomic E-state index is 12.0. The van der Waals surface area contributed by atoms with Crippen LogP contribution in [0, 0.1) is 0 Å².